The molecular weight excluding hydrogens is 268 g/mol. The molecule has 2 atom stereocenters. The third kappa shape index (κ3) is 4.11. The summed E-state index contributed by atoms with van der Waals surface area (Å²) in [5.41, 5.74) is 0.308. The van der Waals surface area contributed by atoms with Crippen LogP contribution < -0.4 is 5.32 Å². The number of piperidine rings is 1. The molecule has 2 aliphatic rings. The van der Waals surface area contributed by atoms with Crippen LogP contribution in [0, 0.1) is 17.3 Å². The Balaban J connectivity index is 1.77. The number of carboxylic acid groups (broad SMARTS) is 1. The van der Waals surface area contributed by atoms with Crippen molar-refractivity contribution in [1.82, 2.24) is 10.2 Å². The normalized spacial score (nSPS) is 27.7. The molecule has 21 heavy (non-hydrogen) atoms. The molecule has 5 nitrogen and oxygen atoms in total. The van der Waals surface area contributed by atoms with Gasteiger partial charge in [0, 0.05) is 19.1 Å². The predicted octanol–water partition coefficient (Wildman–Crippen LogP) is 2.71. The number of hydrogen-bond donors (Lipinski definition) is 2. The fourth-order valence-corrected chi connectivity index (χ4v) is 3.55. The van der Waals surface area contributed by atoms with E-state index in [2.05, 4.69) is 26.1 Å². The van der Waals surface area contributed by atoms with Crippen molar-refractivity contribution in [3.63, 3.8) is 0 Å². The summed E-state index contributed by atoms with van der Waals surface area (Å²) in [4.78, 5) is 25.1. The fourth-order valence-electron chi connectivity index (χ4n) is 3.55. The largest absolute Gasteiger partial charge is 0.481 e. The van der Waals surface area contributed by atoms with Gasteiger partial charge in [-0.1, -0.05) is 20.8 Å². The Morgan fingerprint density at radius 3 is 2.19 bits per heavy atom. The van der Waals surface area contributed by atoms with Crippen LogP contribution in [0.3, 0.4) is 0 Å². The molecule has 1 aliphatic carbocycles. The first kappa shape index (κ1) is 16.1. The number of nitrogens with zero attached hydrogens (tertiary/aromatic N) is 1. The summed E-state index contributed by atoms with van der Waals surface area (Å²) in [7, 11) is 0. The van der Waals surface area contributed by atoms with Crippen molar-refractivity contribution >= 4 is 12.0 Å². The topological polar surface area (TPSA) is 69.6 Å². The van der Waals surface area contributed by atoms with Crippen LogP contribution in [0.1, 0.15) is 52.9 Å². The van der Waals surface area contributed by atoms with Crippen molar-refractivity contribution < 1.29 is 14.7 Å². The van der Waals surface area contributed by atoms with Crippen molar-refractivity contribution in [2.75, 3.05) is 13.1 Å². The molecule has 0 aromatic heterocycles. The minimum Gasteiger partial charge on any atom is -0.481 e. The molecule has 0 spiro atoms. The lowest BCUT2D eigenvalue weighted by molar-refractivity contribution is -0.141. The van der Waals surface area contributed by atoms with Crippen LogP contribution in [0.2, 0.25) is 0 Å². The summed E-state index contributed by atoms with van der Waals surface area (Å²) in [5, 5.41) is 12.0. The lowest BCUT2D eigenvalue weighted by Gasteiger charge is -2.39. The van der Waals surface area contributed by atoms with E-state index in [1.54, 1.807) is 0 Å². The number of amides is 2. The van der Waals surface area contributed by atoms with Gasteiger partial charge >= 0.3 is 12.0 Å². The van der Waals surface area contributed by atoms with Crippen LogP contribution in [-0.4, -0.2) is 41.1 Å². The third-order valence-electron chi connectivity index (χ3n) is 5.12. The van der Waals surface area contributed by atoms with Gasteiger partial charge in [0.05, 0.1) is 5.92 Å². The summed E-state index contributed by atoms with van der Waals surface area (Å²) in [6, 6.07) is 0.0114. The quantitative estimate of drug-likeness (QED) is 0.823. The number of aliphatic carboxylic acids is 1. The summed E-state index contributed by atoms with van der Waals surface area (Å²) in [5.74, 6) is -0.357. The Kier molecular flexibility index (Phi) is 4.79. The Hall–Kier alpha value is -1.26. The number of likely N-dealkylation sites (tertiary alicyclic amines) is 1. The lowest BCUT2D eigenvalue weighted by atomic mass is 9.75. The Morgan fingerprint density at radius 1 is 1.10 bits per heavy atom. The van der Waals surface area contributed by atoms with Crippen molar-refractivity contribution in [1.29, 1.82) is 0 Å². The number of urea groups is 1. The third-order valence-corrected chi connectivity index (χ3v) is 5.12. The zero-order valence-electron chi connectivity index (χ0n) is 13.4. The maximum Gasteiger partial charge on any atom is 0.317 e. The molecule has 120 valence electrons. The molecule has 1 saturated carbocycles. The summed E-state index contributed by atoms with van der Waals surface area (Å²) in [6.45, 7) is 8.40. The summed E-state index contributed by atoms with van der Waals surface area (Å²) < 4.78 is 0. The van der Waals surface area contributed by atoms with Gasteiger partial charge in [-0.25, -0.2) is 4.79 Å². The van der Waals surface area contributed by atoms with Gasteiger partial charge in [0.15, 0.2) is 0 Å². The first-order valence-electron chi connectivity index (χ1n) is 8.05. The molecule has 2 fully saturated rings. The first-order valence-corrected chi connectivity index (χ1v) is 8.05. The molecule has 1 saturated heterocycles. The average molecular weight is 296 g/mol. The highest BCUT2D eigenvalue weighted by Crippen LogP contribution is 2.34. The molecule has 1 heterocycles. The zero-order chi connectivity index (χ0) is 15.6. The van der Waals surface area contributed by atoms with E-state index in [0.717, 1.165) is 32.4 Å². The van der Waals surface area contributed by atoms with E-state index < -0.39 is 5.97 Å². The molecule has 0 aromatic carbocycles. The van der Waals surface area contributed by atoms with Gasteiger partial charge in [-0.15, -0.1) is 0 Å². The van der Waals surface area contributed by atoms with E-state index in [1.165, 1.54) is 0 Å². The number of carbonyl (C=O) groups excluding carboxylic acids is 1. The van der Waals surface area contributed by atoms with Crippen LogP contribution in [0.4, 0.5) is 4.79 Å². The van der Waals surface area contributed by atoms with Gasteiger partial charge in [0.25, 0.3) is 0 Å². The number of nitrogens with one attached hydrogen (secondary N) is 1. The van der Waals surface area contributed by atoms with Gasteiger partial charge in [-0.3, -0.25) is 4.79 Å². The van der Waals surface area contributed by atoms with Crippen LogP contribution in [0.5, 0.6) is 0 Å². The molecule has 0 radical (unpaired) electrons. The monoisotopic (exact) mass is 296 g/mol. The molecule has 0 aromatic rings. The number of carboxylic acids is 1. The Bertz CT molecular complexity index is 395. The highest BCUT2D eigenvalue weighted by Gasteiger charge is 2.33. The summed E-state index contributed by atoms with van der Waals surface area (Å²) in [6.07, 6.45) is 4.13. The lowest BCUT2D eigenvalue weighted by Crippen LogP contribution is -2.48. The van der Waals surface area contributed by atoms with Gasteiger partial charge in [-0.05, 0) is 43.4 Å². The second kappa shape index (κ2) is 6.24. The minimum atomic E-state index is -0.738. The van der Waals surface area contributed by atoms with E-state index in [-0.39, 0.29) is 18.0 Å². The minimum absolute atomic E-state index is 0.0154. The van der Waals surface area contributed by atoms with Gasteiger partial charge in [-0.2, -0.15) is 0 Å². The van der Waals surface area contributed by atoms with Crippen molar-refractivity contribution in [3.05, 3.63) is 0 Å². The predicted molar refractivity (Wildman–Crippen MR) is 81.0 cm³/mol. The van der Waals surface area contributed by atoms with Crippen molar-refractivity contribution in [2.45, 2.75) is 58.9 Å². The van der Waals surface area contributed by atoms with Gasteiger partial charge in [0.2, 0.25) is 0 Å². The van der Waals surface area contributed by atoms with E-state index >= 15 is 0 Å². The number of rotatable bonds is 2. The smallest absolute Gasteiger partial charge is 0.317 e. The maximum absolute atomic E-state index is 12.3. The molecule has 2 N–H and O–H groups in total. The number of carbonyl (C=O) groups is 2. The Labute approximate surface area is 127 Å². The second-order valence-corrected chi connectivity index (χ2v) is 7.62. The van der Waals surface area contributed by atoms with E-state index in [0.29, 0.717) is 24.2 Å². The number of hydrogen-bond acceptors (Lipinski definition) is 2. The first-order chi connectivity index (χ1) is 9.77. The van der Waals surface area contributed by atoms with E-state index in [4.69, 9.17) is 5.11 Å². The molecule has 2 amide bonds. The molecule has 5 heteroatoms. The van der Waals surface area contributed by atoms with Gasteiger partial charge < -0.3 is 15.3 Å². The molecular formula is C16H28N2O3. The van der Waals surface area contributed by atoms with Crippen molar-refractivity contribution in [2.24, 2.45) is 17.3 Å². The van der Waals surface area contributed by atoms with Crippen LogP contribution in [-0.2, 0) is 4.79 Å². The molecule has 2 unspecified atom stereocenters. The highest BCUT2D eigenvalue weighted by molar-refractivity contribution is 5.75. The molecule has 0 bridgehead atoms. The Morgan fingerprint density at radius 2 is 1.71 bits per heavy atom. The highest BCUT2D eigenvalue weighted by atomic mass is 16.4. The average Bonchev–Trinajstić information content (AvgIpc) is 2.86. The second-order valence-electron chi connectivity index (χ2n) is 7.62. The van der Waals surface area contributed by atoms with E-state index in [9.17, 15) is 9.59 Å². The van der Waals surface area contributed by atoms with Crippen LogP contribution in [0.15, 0.2) is 0 Å². The van der Waals surface area contributed by atoms with E-state index in [1.807, 2.05) is 4.90 Å². The van der Waals surface area contributed by atoms with Crippen molar-refractivity contribution in [3.8, 4) is 0 Å². The van der Waals surface area contributed by atoms with Crippen LogP contribution in [0.25, 0.3) is 0 Å². The summed E-state index contributed by atoms with van der Waals surface area (Å²) >= 11 is 0. The molecule has 1 aliphatic heterocycles. The fraction of sp³-hybridized carbons (Fsp3) is 0.875. The van der Waals surface area contributed by atoms with Crippen LogP contribution >= 0.6 is 0 Å². The zero-order valence-corrected chi connectivity index (χ0v) is 13.4. The molecule has 2 rings (SSSR count). The SMILES string of the molecule is CC(C)(C)C1CCN(C(=O)NC2CCC(C(=O)O)C2)CC1. The maximum atomic E-state index is 12.3. The standard InChI is InChI=1S/C16H28N2O3/c1-16(2,3)12-6-8-18(9-7-12)15(21)17-13-5-4-11(10-13)14(19)20/h11-13H,4-10H2,1-3H3,(H,17,21)(H,19,20). The van der Waals surface area contributed by atoms with Gasteiger partial charge in [0.1, 0.15) is 0 Å².